The molecule has 1 N–H and O–H groups in total. The van der Waals surface area contributed by atoms with Crippen molar-refractivity contribution in [2.75, 3.05) is 5.32 Å². The van der Waals surface area contributed by atoms with Crippen LogP contribution in [-0.4, -0.2) is 4.57 Å². The Morgan fingerprint density at radius 2 is 1.42 bits per heavy atom. The van der Waals surface area contributed by atoms with Crippen LogP contribution in [0, 0.1) is 0 Å². The van der Waals surface area contributed by atoms with E-state index in [0.29, 0.717) is 0 Å². The number of rotatable bonds is 1. The first-order valence-corrected chi connectivity index (χ1v) is 13.7. The van der Waals surface area contributed by atoms with E-state index < -0.39 is 0 Å². The van der Waals surface area contributed by atoms with E-state index in [4.69, 9.17) is 4.42 Å². The first kappa shape index (κ1) is 19.3. The molecule has 5 heteroatoms. The quantitative estimate of drug-likeness (QED) is 0.244. The molecule has 8 aromatic rings. The van der Waals surface area contributed by atoms with Crippen molar-refractivity contribution in [2.24, 2.45) is 0 Å². The number of hydrogen-bond acceptors (Lipinski definition) is 4. The van der Waals surface area contributed by atoms with Gasteiger partial charge in [0.1, 0.15) is 11.2 Å². The van der Waals surface area contributed by atoms with E-state index in [1.54, 1.807) is 0 Å². The third-order valence-corrected chi connectivity index (χ3v) is 9.80. The molecule has 5 aromatic carbocycles. The van der Waals surface area contributed by atoms with Crippen molar-refractivity contribution in [1.29, 1.82) is 0 Å². The highest BCUT2D eigenvalue weighted by Crippen LogP contribution is 2.52. The summed E-state index contributed by atoms with van der Waals surface area (Å²) < 4.78 is 11.3. The standard InChI is InChI=1S/C31H18N2OS2/c1-4-10-21-17(7-1)27-22(14-16-26-29(27)19-9-3-6-12-25(19)35-26)33(21)31-32-20-13-15-24-28(30(20)36-31)18-8-2-5-11-23(18)34-24/h1-16,31-32H. The zero-order valence-electron chi connectivity index (χ0n) is 19.0. The van der Waals surface area contributed by atoms with Crippen molar-refractivity contribution in [3.63, 3.8) is 0 Å². The maximum atomic E-state index is 6.18. The molecule has 0 radical (unpaired) electrons. The molecule has 0 saturated heterocycles. The highest BCUT2D eigenvalue weighted by atomic mass is 32.2. The number of thiophene rings is 1. The van der Waals surface area contributed by atoms with Crippen molar-refractivity contribution in [1.82, 2.24) is 4.57 Å². The molecule has 1 unspecified atom stereocenters. The average Bonchev–Trinajstić information content (AvgIpc) is 3.66. The lowest BCUT2D eigenvalue weighted by Gasteiger charge is -2.16. The fourth-order valence-corrected chi connectivity index (χ4v) is 8.41. The Hall–Kier alpha value is -3.93. The topological polar surface area (TPSA) is 30.1 Å². The van der Waals surface area contributed by atoms with Gasteiger partial charge in [-0.2, -0.15) is 0 Å². The van der Waals surface area contributed by atoms with Gasteiger partial charge in [0.2, 0.25) is 0 Å². The van der Waals surface area contributed by atoms with Gasteiger partial charge in [-0.1, -0.05) is 66.4 Å². The average molecular weight is 499 g/mol. The molecule has 0 fully saturated rings. The summed E-state index contributed by atoms with van der Waals surface area (Å²) in [7, 11) is 0. The van der Waals surface area contributed by atoms with Gasteiger partial charge in [0, 0.05) is 46.6 Å². The Balaban J connectivity index is 1.33. The number of thioether (sulfide) groups is 1. The monoisotopic (exact) mass is 498 g/mol. The van der Waals surface area contributed by atoms with Crippen LogP contribution in [0.1, 0.15) is 5.50 Å². The molecule has 0 bridgehead atoms. The first-order valence-electron chi connectivity index (χ1n) is 12.1. The highest BCUT2D eigenvalue weighted by Gasteiger charge is 2.29. The van der Waals surface area contributed by atoms with Gasteiger partial charge in [0.15, 0.2) is 5.50 Å². The molecule has 170 valence electrons. The van der Waals surface area contributed by atoms with Crippen LogP contribution in [0.2, 0.25) is 0 Å². The van der Waals surface area contributed by atoms with Gasteiger partial charge >= 0.3 is 0 Å². The van der Waals surface area contributed by atoms with Gasteiger partial charge in [0.05, 0.1) is 16.7 Å². The zero-order chi connectivity index (χ0) is 23.4. The van der Waals surface area contributed by atoms with E-state index in [0.717, 1.165) is 16.9 Å². The molecule has 0 spiro atoms. The van der Waals surface area contributed by atoms with Crippen LogP contribution in [0.3, 0.4) is 0 Å². The number of anilines is 1. The molecule has 1 aliphatic rings. The minimum atomic E-state index is 0.0454. The summed E-state index contributed by atoms with van der Waals surface area (Å²) >= 11 is 3.76. The van der Waals surface area contributed by atoms with Crippen LogP contribution in [-0.2, 0) is 0 Å². The number of benzene rings is 5. The van der Waals surface area contributed by atoms with Crippen molar-refractivity contribution >= 4 is 92.7 Å². The Morgan fingerprint density at radius 1 is 0.611 bits per heavy atom. The first-order chi connectivity index (χ1) is 17.8. The van der Waals surface area contributed by atoms with Gasteiger partial charge in [-0.25, -0.2) is 0 Å². The molecule has 1 atom stereocenters. The van der Waals surface area contributed by atoms with Crippen molar-refractivity contribution < 1.29 is 4.42 Å². The maximum Gasteiger partial charge on any atom is 0.157 e. The predicted molar refractivity (Wildman–Crippen MR) is 155 cm³/mol. The molecule has 3 aromatic heterocycles. The fraction of sp³-hybridized carbons (Fsp3) is 0.0323. The lowest BCUT2D eigenvalue weighted by molar-refractivity contribution is 0.668. The molecule has 0 saturated carbocycles. The predicted octanol–water partition coefficient (Wildman–Crippen LogP) is 9.74. The van der Waals surface area contributed by atoms with Gasteiger partial charge in [0.25, 0.3) is 0 Å². The van der Waals surface area contributed by atoms with Crippen LogP contribution in [0.25, 0.3) is 63.9 Å². The van der Waals surface area contributed by atoms with E-state index in [-0.39, 0.29) is 5.50 Å². The summed E-state index contributed by atoms with van der Waals surface area (Å²) in [6.45, 7) is 0. The third-order valence-electron chi connectivity index (χ3n) is 7.45. The van der Waals surface area contributed by atoms with E-state index in [9.17, 15) is 0 Å². The van der Waals surface area contributed by atoms with Crippen molar-refractivity contribution in [2.45, 2.75) is 10.4 Å². The smallest absolute Gasteiger partial charge is 0.157 e. The summed E-state index contributed by atoms with van der Waals surface area (Å²) in [5.41, 5.74) is 5.60. The fourth-order valence-electron chi connectivity index (χ4n) is 5.97. The number of nitrogens with zero attached hydrogens (tertiary/aromatic N) is 1. The van der Waals surface area contributed by atoms with Gasteiger partial charge in [-0.05, 0) is 42.5 Å². The Labute approximate surface area is 213 Å². The van der Waals surface area contributed by atoms with Gasteiger partial charge in [-0.3, -0.25) is 0 Å². The van der Waals surface area contributed by atoms with E-state index in [2.05, 4.69) is 101 Å². The second-order valence-electron chi connectivity index (χ2n) is 9.35. The van der Waals surface area contributed by atoms with Crippen molar-refractivity contribution in [3.05, 3.63) is 97.1 Å². The minimum Gasteiger partial charge on any atom is -0.456 e. The van der Waals surface area contributed by atoms with E-state index >= 15 is 0 Å². The molecule has 3 nitrogen and oxygen atoms in total. The van der Waals surface area contributed by atoms with E-state index in [1.165, 1.54) is 57.6 Å². The molecular formula is C31H18N2OS2. The highest BCUT2D eigenvalue weighted by molar-refractivity contribution is 8.00. The summed E-state index contributed by atoms with van der Waals surface area (Å²) in [4.78, 5) is 1.26. The molecule has 0 amide bonds. The van der Waals surface area contributed by atoms with Crippen LogP contribution < -0.4 is 5.32 Å². The largest absolute Gasteiger partial charge is 0.456 e. The lowest BCUT2D eigenvalue weighted by Crippen LogP contribution is -2.10. The zero-order valence-corrected chi connectivity index (χ0v) is 20.6. The number of aromatic nitrogens is 1. The summed E-state index contributed by atoms with van der Waals surface area (Å²) in [6.07, 6.45) is 0. The molecule has 9 rings (SSSR count). The normalized spacial score (nSPS) is 15.6. The number of para-hydroxylation sites is 2. The van der Waals surface area contributed by atoms with Crippen LogP contribution in [0.4, 0.5) is 5.69 Å². The van der Waals surface area contributed by atoms with Crippen LogP contribution >= 0.6 is 23.1 Å². The SMILES string of the molecule is c1ccc2c(c1)oc1ccc3c(c12)SC(n1c2ccccc2c2c4c(ccc21)sc1ccccc14)N3. The van der Waals surface area contributed by atoms with Gasteiger partial charge < -0.3 is 14.3 Å². The summed E-state index contributed by atoms with van der Waals surface area (Å²) in [5.74, 6) is 0. The third kappa shape index (κ3) is 2.39. The number of hydrogen-bond donors (Lipinski definition) is 1. The minimum absolute atomic E-state index is 0.0454. The molecule has 4 heterocycles. The second kappa shape index (κ2) is 6.84. The number of nitrogens with one attached hydrogen (secondary N) is 1. The molecule has 36 heavy (non-hydrogen) atoms. The van der Waals surface area contributed by atoms with E-state index in [1.807, 2.05) is 29.2 Å². The second-order valence-corrected chi connectivity index (χ2v) is 11.5. The molecular weight excluding hydrogens is 480 g/mol. The van der Waals surface area contributed by atoms with Crippen molar-refractivity contribution in [3.8, 4) is 0 Å². The van der Waals surface area contributed by atoms with Gasteiger partial charge in [-0.15, -0.1) is 11.3 Å². The molecule has 1 aliphatic heterocycles. The van der Waals surface area contributed by atoms with Crippen LogP contribution in [0.15, 0.2) is 106 Å². The maximum absolute atomic E-state index is 6.18. The Kier molecular flexibility index (Phi) is 3.67. The Bertz CT molecular complexity index is 2180. The summed E-state index contributed by atoms with van der Waals surface area (Å²) in [6, 6.07) is 34.8. The Morgan fingerprint density at radius 3 is 2.36 bits per heavy atom. The lowest BCUT2D eigenvalue weighted by atomic mass is 10.1. The molecule has 0 aliphatic carbocycles. The van der Waals surface area contributed by atoms with Crippen LogP contribution in [0.5, 0.6) is 0 Å². The number of furan rings is 1. The summed E-state index contributed by atoms with van der Waals surface area (Å²) in [5, 5.41) is 11.6. The number of fused-ring (bicyclic) bond motifs is 12.